The van der Waals surface area contributed by atoms with Crippen LogP contribution < -0.4 is 9.47 Å². The third-order valence-electron chi connectivity index (χ3n) is 10.6. The summed E-state index contributed by atoms with van der Waals surface area (Å²) in [5.41, 5.74) is 4.13. The van der Waals surface area contributed by atoms with Crippen molar-refractivity contribution >= 4 is 5.91 Å². The van der Waals surface area contributed by atoms with Gasteiger partial charge in [0.15, 0.2) is 11.5 Å². The van der Waals surface area contributed by atoms with Gasteiger partial charge in [0.25, 0.3) is 5.91 Å². The van der Waals surface area contributed by atoms with Crippen LogP contribution in [0.15, 0.2) is 30.3 Å². The maximum Gasteiger partial charge on any atom is 0.298 e. The summed E-state index contributed by atoms with van der Waals surface area (Å²) in [6.07, 6.45) is 5.22. The molecule has 2 saturated carbocycles. The van der Waals surface area contributed by atoms with Crippen LogP contribution in [-0.2, 0) is 16.6 Å². The molecule has 3 aliphatic carbocycles. The number of aliphatic hydroxyl groups is 1. The van der Waals surface area contributed by atoms with E-state index in [1.807, 2.05) is 31.3 Å². The van der Waals surface area contributed by atoms with Crippen LogP contribution in [0.1, 0.15) is 59.9 Å². The van der Waals surface area contributed by atoms with Crippen molar-refractivity contribution in [3.63, 3.8) is 0 Å². The van der Waals surface area contributed by atoms with Gasteiger partial charge in [-0.3, -0.25) is 9.69 Å². The molecule has 2 bridgehead atoms. The summed E-state index contributed by atoms with van der Waals surface area (Å²) in [7, 11) is 3.52. The number of carbonyl (C=O) groups excluding carboxylic acids is 1. The molecular formula is C33H38N2O4. The molecule has 5 aliphatic rings. The summed E-state index contributed by atoms with van der Waals surface area (Å²) in [6.45, 7) is 6.14. The molecule has 1 N–H and O–H groups in total. The van der Waals surface area contributed by atoms with E-state index in [0.29, 0.717) is 18.6 Å². The standard InChI is InChI=1S/C33H38N2O4/c1-20-5-6-22(17-21(20)2)9-12-28(36)34(3)25-13-14-33(37)27-18-24-10-11-26(38-4)30-29(24)32(33,31(25)39-30)15-16-35(27)19-23-7-8-23/h5-6,10-11,17,23,25,27,31,37H,7-8,13-16,18-19H2,1-4H3/t25-,27+,31-,32-,33+/m0/s1. The number of hydrogen-bond donors (Lipinski definition) is 1. The number of likely N-dealkylation sites (N-methyl/N-ethyl adjacent to an activating group) is 1. The van der Waals surface area contributed by atoms with Crippen molar-refractivity contribution in [1.82, 2.24) is 9.80 Å². The highest BCUT2D eigenvalue weighted by molar-refractivity contribution is 5.94. The van der Waals surface area contributed by atoms with E-state index < -0.39 is 11.0 Å². The molecule has 204 valence electrons. The molecule has 1 saturated heterocycles. The third kappa shape index (κ3) is 3.52. The van der Waals surface area contributed by atoms with Crippen molar-refractivity contribution in [2.45, 2.75) is 81.6 Å². The van der Waals surface area contributed by atoms with Crippen molar-refractivity contribution in [1.29, 1.82) is 0 Å². The average Bonchev–Trinajstić information content (AvgIpc) is 3.67. The van der Waals surface area contributed by atoms with Gasteiger partial charge in [0, 0.05) is 36.7 Å². The number of ether oxygens (including phenoxy) is 2. The van der Waals surface area contributed by atoms with Gasteiger partial charge in [-0.1, -0.05) is 18.1 Å². The van der Waals surface area contributed by atoms with Crippen LogP contribution in [0.5, 0.6) is 11.5 Å². The topological polar surface area (TPSA) is 62.2 Å². The van der Waals surface area contributed by atoms with Gasteiger partial charge in [0.1, 0.15) is 6.10 Å². The number of piperidine rings is 1. The van der Waals surface area contributed by atoms with Gasteiger partial charge in [-0.2, -0.15) is 0 Å². The third-order valence-corrected chi connectivity index (χ3v) is 10.6. The minimum absolute atomic E-state index is 0.0660. The summed E-state index contributed by atoms with van der Waals surface area (Å²) in [4.78, 5) is 17.8. The fourth-order valence-corrected chi connectivity index (χ4v) is 8.19. The first-order chi connectivity index (χ1) is 18.8. The van der Waals surface area contributed by atoms with E-state index in [1.165, 1.54) is 24.0 Å². The van der Waals surface area contributed by atoms with Gasteiger partial charge in [0.05, 0.1) is 24.2 Å². The fraction of sp³-hybridized carbons (Fsp3) is 0.545. The van der Waals surface area contributed by atoms with Gasteiger partial charge in [-0.15, -0.1) is 0 Å². The van der Waals surface area contributed by atoms with Crippen molar-refractivity contribution in [3.05, 3.63) is 58.1 Å². The average molecular weight is 527 g/mol. The van der Waals surface area contributed by atoms with Gasteiger partial charge in [-0.05, 0) is 99.7 Å². The van der Waals surface area contributed by atoms with Crippen LogP contribution in [-0.4, -0.2) is 71.8 Å². The van der Waals surface area contributed by atoms with Gasteiger partial charge in [0.2, 0.25) is 0 Å². The second-order valence-corrected chi connectivity index (χ2v) is 12.5. The Morgan fingerprint density at radius 3 is 2.74 bits per heavy atom. The Morgan fingerprint density at radius 2 is 2.00 bits per heavy atom. The van der Waals surface area contributed by atoms with Crippen LogP contribution in [0.4, 0.5) is 0 Å². The molecule has 2 aromatic carbocycles. The highest BCUT2D eigenvalue weighted by Crippen LogP contribution is 2.66. The van der Waals surface area contributed by atoms with E-state index in [-0.39, 0.29) is 24.1 Å². The molecule has 1 spiro atoms. The van der Waals surface area contributed by atoms with Gasteiger partial charge < -0.3 is 19.5 Å². The minimum Gasteiger partial charge on any atom is -0.493 e. The lowest BCUT2D eigenvalue weighted by Gasteiger charge is -2.64. The summed E-state index contributed by atoms with van der Waals surface area (Å²) in [6, 6.07) is 10.1. The van der Waals surface area contributed by atoms with Crippen molar-refractivity contribution in [2.24, 2.45) is 5.92 Å². The second-order valence-electron chi connectivity index (χ2n) is 12.5. The van der Waals surface area contributed by atoms with Crippen molar-refractivity contribution in [2.75, 3.05) is 27.2 Å². The van der Waals surface area contributed by atoms with E-state index >= 15 is 0 Å². The zero-order chi connectivity index (χ0) is 27.1. The molecule has 6 heteroatoms. The predicted molar refractivity (Wildman–Crippen MR) is 149 cm³/mol. The number of benzene rings is 2. The molecule has 0 aromatic heterocycles. The number of likely N-dealkylation sites (tertiary alicyclic amines) is 1. The van der Waals surface area contributed by atoms with Crippen molar-refractivity contribution < 1.29 is 19.4 Å². The van der Waals surface area contributed by atoms with Gasteiger partial charge in [-0.25, -0.2) is 0 Å². The maximum atomic E-state index is 13.4. The summed E-state index contributed by atoms with van der Waals surface area (Å²) >= 11 is 0. The number of nitrogens with zero attached hydrogens (tertiary/aromatic N) is 2. The van der Waals surface area contributed by atoms with E-state index in [2.05, 4.69) is 36.7 Å². The Morgan fingerprint density at radius 1 is 1.18 bits per heavy atom. The molecule has 3 fully saturated rings. The largest absolute Gasteiger partial charge is 0.493 e. The van der Waals surface area contributed by atoms with Crippen molar-refractivity contribution in [3.8, 4) is 23.3 Å². The predicted octanol–water partition coefficient (Wildman–Crippen LogP) is 3.75. The Balaban J connectivity index is 1.26. The van der Waals surface area contributed by atoms with Gasteiger partial charge >= 0.3 is 0 Å². The number of amides is 1. The molecule has 0 unspecified atom stereocenters. The quantitative estimate of drug-likeness (QED) is 0.615. The Bertz CT molecular complexity index is 1420. The first-order valence-electron chi connectivity index (χ1n) is 14.5. The first kappa shape index (κ1) is 25.0. The summed E-state index contributed by atoms with van der Waals surface area (Å²) in [5.74, 6) is 7.99. The zero-order valence-corrected chi connectivity index (χ0v) is 23.4. The lowest BCUT2D eigenvalue weighted by molar-refractivity contribution is -0.199. The maximum absolute atomic E-state index is 13.4. The zero-order valence-electron chi connectivity index (χ0n) is 23.4. The smallest absolute Gasteiger partial charge is 0.298 e. The summed E-state index contributed by atoms with van der Waals surface area (Å²) < 4.78 is 12.6. The highest BCUT2D eigenvalue weighted by Gasteiger charge is 2.73. The number of rotatable bonds is 4. The Kier molecular flexibility index (Phi) is 5.60. The number of methoxy groups -OCH3 is 1. The molecule has 1 amide bonds. The molecule has 2 heterocycles. The molecule has 5 atom stereocenters. The number of hydrogen-bond acceptors (Lipinski definition) is 5. The van der Waals surface area contributed by atoms with Crippen LogP contribution in [0, 0.1) is 31.6 Å². The molecular weight excluding hydrogens is 488 g/mol. The van der Waals surface area contributed by atoms with Crippen LogP contribution in [0.3, 0.4) is 0 Å². The molecule has 0 radical (unpaired) electrons. The molecule has 7 rings (SSSR count). The van der Waals surface area contributed by atoms with E-state index in [9.17, 15) is 9.90 Å². The van der Waals surface area contributed by atoms with Crippen LogP contribution in [0.25, 0.3) is 0 Å². The number of aryl methyl sites for hydroxylation is 2. The van der Waals surface area contributed by atoms with E-state index in [1.54, 1.807) is 12.0 Å². The van der Waals surface area contributed by atoms with Crippen LogP contribution >= 0.6 is 0 Å². The molecule has 2 aliphatic heterocycles. The SMILES string of the molecule is COc1ccc2c3c1O[C@H]1[C@@H](N(C)C(=O)C#Cc4ccc(C)c(C)c4)CC[C@@]4(O)[C@@H](C2)N(CC2CC2)CC[C@]314. The van der Waals surface area contributed by atoms with E-state index in [4.69, 9.17) is 9.47 Å². The molecule has 2 aromatic rings. The Labute approximate surface area is 231 Å². The second kappa shape index (κ2) is 8.74. The first-order valence-corrected chi connectivity index (χ1v) is 14.5. The van der Waals surface area contributed by atoms with Crippen LogP contribution in [0.2, 0.25) is 0 Å². The minimum atomic E-state index is -0.902. The monoisotopic (exact) mass is 526 g/mol. The Hall–Kier alpha value is -3.01. The number of carbonyl (C=O) groups is 1. The van der Waals surface area contributed by atoms with E-state index in [0.717, 1.165) is 54.3 Å². The lowest BCUT2D eigenvalue weighted by Crippen LogP contribution is -2.78. The normalized spacial score (nSPS) is 32.0. The molecule has 39 heavy (non-hydrogen) atoms. The molecule has 6 nitrogen and oxygen atoms in total. The fourth-order valence-electron chi connectivity index (χ4n) is 8.19. The lowest BCUT2D eigenvalue weighted by atomic mass is 9.48. The highest BCUT2D eigenvalue weighted by atomic mass is 16.5. The summed E-state index contributed by atoms with van der Waals surface area (Å²) in [5, 5.41) is 12.7.